The number of carbonyl (C=O) groups is 2. The number of aldehydes is 1. The molecule has 0 saturated carbocycles. The molecule has 124 valence electrons. The van der Waals surface area contributed by atoms with E-state index >= 15 is 0 Å². The van der Waals surface area contributed by atoms with E-state index < -0.39 is 11.6 Å². The lowest BCUT2D eigenvalue weighted by molar-refractivity contribution is 0.0303. The van der Waals surface area contributed by atoms with Crippen LogP contribution in [-0.2, 0) is 4.74 Å². The maximum atomic E-state index is 13.7. The van der Waals surface area contributed by atoms with Crippen LogP contribution >= 0.6 is 0 Å². The smallest absolute Gasteiger partial charge is 0.254 e. The van der Waals surface area contributed by atoms with Crippen LogP contribution in [0.1, 0.15) is 20.7 Å². The Labute approximate surface area is 138 Å². The minimum absolute atomic E-state index is 0.0738. The van der Waals surface area contributed by atoms with Gasteiger partial charge in [-0.05, 0) is 35.4 Å². The summed E-state index contributed by atoms with van der Waals surface area (Å²) in [5.74, 6) is -1.59. The second-order valence-corrected chi connectivity index (χ2v) is 5.50. The van der Waals surface area contributed by atoms with Crippen LogP contribution in [0, 0.1) is 5.82 Å². The van der Waals surface area contributed by atoms with E-state index in [-0.39, 0.29) is 11.5 Å². The van der Waals surface area contributed by atoms with Crippen LogP contribution < -0.4 is 0 Å². The molecule has 0 spiro atoms. The number of rotatable bonds is 3. The van der Waals surface area contributed by atoms with Gasteiger partial charge in [0.05, 0.1) is 18.8 Å². The molecule has 2 aromatic carbocycles. The van der Waals surface area contributed by atoms with Crippen LogP contribution in [0.5, 0.6) is 5.75 Å². The molecular weight excluding hydrogens is 313 g/mol. The third kappa shape index (κ3) is 3.14. The zero-order chi connectivity index (χ0) is 17.1. The van der Waals surface area contributed by atoms with Crippen LogP contribution in [0.25, 0.3) is 11.1 Å². The predicted octanol–water partition coefficient (Wildman–Crippen LogP) is 2.48. The third-order valence-corrected chi connectivity index (χ3v) is 3.98. The van der Waals surface area contributed by atoms with Crippen molar-refractivity contribution < 1.29 is 23.8 Å². The molecule has 0 aliphatic carbocycles. The molecule has 5 nitrogen and oxygen atoms in total. The van der Waals surface area contributed by atoms with E-state index in [1.54, 1.807) is 29.2 Å². The lowest BCUT2D eigenvalue weighted by atomic mass is 10.0. The molecular formula is C18H16FNO4. The summed E-state index contributed by atoms with van der Waals surface area (Å²) in [6.45, 7) is 2.19. The average molecular weight is 329 g/mol. The number of nitrogens with zero attached hydrogens (tertiary/aromatic N) is 1. The molecule has 0 radical (unpaired) electrons. The summed E-state index contributed by atoms with van der Waals surface area (Å²) in [7, 11) is 0. The number of morpholine rings is 1. The summed E-state index contributed by atoms with van der Waals surface area (Å²) in [6.07, 6.45) is 0.401. The fourth-order valence-corrected chi connectivity index (χ4v) is 2.63. The zero-order valence-electron chi connectivity index (χ0n) is 12.9. The first-order valence-corrected chi connectivity index (χ1v) is 7.55. The van der Waals surface area contributed by atoms with Crippen LogP contribution in [0.3, 0.4) is 0 Å². The van der Waals surface area contributed by atoms with Crippen molar-refractivity contribution in [3.63, 3.8) is 0 Å². The van der Waals surface area contributed by atoms with Gasteiger partial charge in [0.1, 0.15) is 0 Å². The minimum Gasteiger partial charge on any atom is -0.504 e. The number of ether oxygens (including phenoxy) is 1. The molecule has 1 amide bonds. The number of phenolic OH excluding ortho intramolecular Hbond substituents is 1. The minimum atomic E-state index is -0.858. The van der Waals surface area contributed by atoms with Gasteiger partial charge in [0.25, 0.3) is 5.91 Å². The largest absolute Gasteiger partial charge is 0.504 e. The fourth-order valence-electron chi connectivity index (χ4n) is 2.63. The summed E-state index contributed by atoms with van der Waals surface area (Å²) in [6, 6.07) is 9.27. The molecule has 6 heteroatoms. The van der Waals surface area contributed by atoms with Crippen molar-refractivity contribution in [2.24, 2.45) is 0 Å². The first-order chi connectivity index (χ1) is 11.6. The highest BCUT2D eigenvalue weighted by molar-refractivity contribution is 5.95. The summed E-state index contributed by atoms with van der Waals surface area (Å²) in [5, 5.41) is 9.46. The predicted molar refractivity (Wildman–Crippen MR) is 85.6 cm³/mol. The standard InChI is InChI=1S/C18H16FNO4/c19-16-10-14(9-15(11-21)17(16)22)12-1-3-13(4-2-12)18(23)20-5-7-24-8-6-20/h1-4,9-11,22H,5-8H2. The Morgan fingerprint density at radius 2 is 1.79 bits per heavy atom. The van der Waals surface area contributed by atoms with Crippen LogP contribution in [0.4, 0.5) is 4.39 Å². The molecule has 24 heavy (non-hydrogen) atoms. The number of hydrogen-bond acceptors (Lipinski definition) is 4. The number of halogens is 1. The topological polar surface area (TPSA) is 66.8 Å². The van der Waals surface area contributed by atoms with Crippen LogP contribution in [-0.4, -0.2) is 48.5 Å². The second-order valence-electron chi connectivity index (χ2n) is 5.50. The highest BCUT2D eigenvalue weighted by Crippen LogP contribution is 2.28. The Morgan fingerprint density at radius 1 is 1.12 bits per heavy atom. The van der Waals surface area contributed by atoms with Crippen molar-refractivity contribution in [3.05, 3.63) is 53.3 Å². The number of phenols is 1. The summed E-state index contributed by atoms with van der Waals surface area (Å²) < 4.78 is 18.9. The summed E-state index contributed by atoms with van der Waals surface area (Å²) in [4.78, 5) is 25.0. The lowest BCUT2D eigenvalue weighted by Crippen LogP contribution is -2.40. The molecule has 1 heterocycles. The number of hydrogen-bond donors (Lipinski definition) is 1. The first kappa shape index (κ1) is 16.1. The van der Waals surface area contributed by atoms with E-state index in [2.05, 4.69) is 0 Å². The van der Waals surface area contributed by atoms with E-state index in [0.29, 0.717) is 49.3 Å². The Hall–Kier alpha value is -2.73. The molecule has 1 N–H and O–H groups in total. The summed E-state index contributed by atoms with van der Waals surface area (Å²) in [5.41, 5.74) is 1.53. The van der Waals surface area contributed by atoms with E-state index in [9.17, 15) is 19.1 Å². The number of carbonyl (C=O) groups excluding carboxylic acids is 2. The highest BCUT2D eigenvalue weighted by atomic mass is 19.1. The Balaban J connectivity index is 1.85. The normalized spacial score (nSPS) is 14.5. The molecule has 1 aliphatic heterocycles. The number of benzene rings is 2. The van der Waals surface area contributed by atoms with Gasteiger partial charge < -0.3 is 14.7 Å². The fraction of sp³-hybridized carbons (Fsp3) is 0.222. The van der Waals surface area contributed by atoms with Gasteiger partial charge >= 0.3 is 0 Å². The van der Waals surface area contributed by atoms with Gasteiger partial charge in [0.2, 0.25) is 0 Å². The number of amides is 1. The van der Waals surface area contributed by atoms with E-state index in [0.717, 1.165) is 6.07 Å². The molecule has 2 aromatic rings. The Morgan fingerprint density at radius 3 is 2.42 bits per heavy atom. The van der Waals surface area contributed by atoms with E-state index in [1.165, 1.54) is 6.07 Å². The van der Waals surface area contributed by atoms with Gasteiger partial charge in [-0.15, -0.1) is 0 Å². The molecule has 1 saturated heterocycles. The monoisotopic (exact) mass is 329 g/mol. The van der Waals surface area contributed by atoms with Gasteiger partial charge in [-0.1, -0.05) is 12.1 Å². The van der Waals surface area contributed by atoms with Crippen molar-refractivity contribution in [2.75, 3.05) is 26.3 Å². The molecule has 0 bridgehead atoms. The Kier molecular flexibility index (Phi) is 4.57. The molecule has 1 fully saturated rings. The van der Waals surface area contributed by atoms with Crippen molar-refractivity contribution in [3.8, 4) is 16.9 Å². The highest BCUT2D eigenvalue weighted by Gasteiger charge is 2.18. The van der Waals surface area contributed by atoms with Crippen molar-refractivity contribution in [1.29, 1.82) is 0 Å². The van der Waals surface area contributed by atoms with Crippen molar-refractivity contribution in [1.82, 2.24) is 4.90 Å². The Bertz CT molecular complexity index is 767. The van der Waals surface area contributed by atoms with E-state index in [4.69, 9.17) is 4.74 Å². The maximum absolute atomic E-state index is 13.7. The molecule has 0 aromatic heterocycles. The molecule has 1 aliphatic rings. The van der Waals surface area contributed by atoms with Crippen molar-refractivity contribution in [2.45, 2.75) is 0 Å². The van der Waals surface area contributed by atoms with Crippen LogP contribution in [0.2, 0.25) is 0 Å². The van der Waals surface area contributed by atoms with Gasteiger partial charge in [-0.25, -0.2) is 4.39 Å². The van der Waals surface area contributed by atoms with Gasteiger partial charge in [0, 0.05) is 18.7 Å². The summed E-state index contributed by atoms with van der Waals surface area (Å²) >= 11 is 0. The number of aromatic hydroxyl groups is 1. The van der Waals surface area contributed by atoms with Gasteiger partial charge in [0.15, 0.2) is 17.9 Å². The van der Waals surface area contributed by atoms with Crippen molar-refractivity contribution >= 4 is 12.2 Å². The molecule has 3 rings (SSSR count). The van der Waals surface area contributed by atoms with Gasteiger partial charge in [-0.3, -0.25) is 9.59 Å². The zero-order valence-corrected chi connectivity index (χ0v) is 12.9. The maximum Gasteiger partial charge on any atom is 0.254 e. The SMILES string of the molecule is O=Cc1cc(-c2ccc(C(=O)N3CCOCC3)cc2)cc(F)c1O. The first-order valence-electron chi connectivity index (χ1n) is 7.55. The molecule has 0 atom stereocenters. The quantitative estimate of drug-likeness (QED) is 0.879. The third-order valence-electron chi connectivity index (χ3n) is 3.98. The average Bonchev–Trinajstić information content (AvgIpc) is 2.64. The van der Waals surface area contributed by atoms with Crippen LogP contribution in [0.15, 0.2) is 36.4 Å². The van der Waals surface area contributed by atoms with E-state index in [1.807, 2.05) is 0 Å². The van der Waals surface area contributed by atoms with Gasteiger partial charge in [-0.2, -0.15) is 0 Å². The molecule has 0 unspecified atom stereocenters. The lowest BCUT2D eigenvalue weighted by Gasteiger charge is -2.26. The second kappa shape index (κ2) is 6.80.